The maximum atomic E-state index is 13.5. The highest BCUT2D eigenvalue weighted by Gasteiger charge is 2.48. The predicted molar refractivity (Wildman–Crippen MR) is 127 cm³/mol. The number of methoxy groups -OCH3 is 1. The third kappa shape index (κ3) is 4.40. The number of ether oxygens (including phenoxy) is 2. The summed E-state index contributed by atoms with van der Waals surface area (Å²) in [6, 6.07) is 10.6. The van der Waals surface area contributed by atoms with Gasteiger partial charge in [-0.3, -0.25) is 14.5 Å². The van der Waals surface area contributed by atoms with E-state index in [-0.39, 0.29) is 21.1 Å². The smallest absolute Gasteiger partial charge is 0.350 e. The van der Waals surface area contributed by atoms with Gasteiger partial charge in [0.2, 0.25) is 0 Å². The molecule has 0 saturated carbocycles. The first-order valence-corrected chi connectivity index (χ1v) is 11.4. The van der Waals surface area contributed by atoms with Gasteiger partial charge >= 0.3 is 11.9 Å². The molecule has 1 aromatic heterocycles. The van der Waals surface area contributed by atoms with Crippen LogP contribution in [0.1, 0.15) is 39.5 Å². The fourth-order valence-corrected chi connectivity index (χ4v) is 4.83. The summed E-state index contributed by atoms with van der Waals surface area (Å²) < 4.78 is 23.8. The lowest BCUT2D eigenvalue weighted by atomic mass is 9.95. The molecular formula is C25H21FN2O6S. The Labute approximate surface area is 204 Å². The minimum absolute atomic E-state index is 0.0926. The van der Waals surface area contributed by atoms with Gasteiger partial charge in [-0.05, 0) is 55.8 Å². The van der Waals surface area contributed by atoms with Gasteiger partial charge in [0.15, 0.2) is 5.13 Å². The predicted octanol–water partition coefficient (Wildman–Crippen LogP) is 4.40. The van der Waals surface area contributed by atoms with Crippen LogP contribution in [-0.4, -0.2) is 41.5 Å². The van der Waals surface area contributed by atoms with Crippen molar-refractivity contribution in [2.75, 3.05) is 18.6 Å². The van der Waals surface area contributed by atoms with Crippen LogP contribution < -0.4 is 9.64 Å². The van der Waals surface area contributed by atoms with Crippen LogP contribution in [0.5, 0.6) is 5.75 Å². The van der Waals surface area contributed by atoms with E-state index in [2.05, 4.69) is 4.98 Å². The molecule has 1 saturated heterocycles. The lowest BCUT2D eigenvalue weighted by Gasteiger charge is -2.23. The molecule has 180 valence electrons. The number of aromatic nitrogens is 1. The van der Waals surface area contributed by atoms with Crippen LogP contribution in [0.15, 0.2) is 54.1 Å². The minimum atomic E-state index is -1.07. The van der Waals surface area contributed by atoms with Gasteiger partial charge in [0.25, 0.3) is 5.78 Å². The first-order valence-electron chi connectivity index (χ1n) is 10.6. The van der Waals surface area contributed by atoms with E-state index in [0.29, 0.717) is 23.6 Å². The minimum Gasteiger partial charge on any atom is -0.507 e. The zero-order chi connectivity index (χ0) is 25.3. The number of amides is 1. The molecule has 1 aliphatic rings. The first kappa shape index (κ1) is 24.1. The number of aryl methyl sites for hydroxylation is 1. The van der Waals surface area contributed by atoms with Crippen molar-refractivity contribution in [1.29, 1.82) is 0 Å². The SMILES string of the molecule is CCOc1cccc(C2C(=C(O)c3ccc(F)cc3)C(=O)C(=O)N2c2nc(C)c(C(=O)OC)s2)c1. The van der Waals surface area contributed by atoms with Crippen molar-refractivity contribution in [1.82, 2.24) is 4.98 Å². The van der Waals surface area contributed by atoms with Gasteiger partial charge in [-0.1, -0.05) is 23.5 Å². The second kappa shape index (κ2) is 9.67. The zero-order valence-corrected chi connectivity index (χ0v) is 19.9. The van der Waals surface area contributed by atoms with Crippen LogP contribution in [0, 0.1) is 12.7 Å². The number of Topliss-reactive ketones (excluding diaryl/α,β-unsaturated/α-hetero) is 1. The van der Waals surface area contributed by atoms with Crippen LogP contribution in [0.2, 0.25) is 0 Å². The number of thiazole rings is 1. The van der Waals surface area contributed by atoms with Crippen molar-refractivity contribution in [2.24, 2.45) is 0 Å². The fourth-order valence-electron chi connectivity index (χ4n) is 3.82. The van der Waals surface area contributed by atoms with Crippen molar-refractivity contribution in [3.05, 3.63) is 81.6 Å². The van der Waals surface area contributed by atoms with Gasteiger partial charge in [-0.15, -0.1) is 0 Å². The molecule has 10 heteroatoms. The van der Waals surface area contributed by atoms with Gasteiger partial charge in [0.1, 0.15) is 22.2 Å². The molecule has 2 aromatic carbocycles. The number of carbonyl (C=O) groups is 3. The van der Waals surface area contributed by atoms with E-state index in [9.17, 15) is 23.9 Å². The number of benzene rings is 2. The molecule has 3 aromatic rings. The van der Waals surface area contributed by atoms with Gasteiger partial charge in [0.05, 0.1) is 31.0 Å². The highest BCUT2D eigenvalue weighted by molar-refractivity contribution is 7.17. The molecule has 0 bridgehead atoms. The van der Waals surface area contributed by atoms with Crippen LogP contribution >= 0.6 is 11.3 Å². The van der Waals surface area contributed by atoms with Crippen LogP contribution in [0.25, 0.3) is 5.76 Å². The van der Waals surface area contributed by atoms with E-state index in [1.165, 1.54) is 19.2 Å². The summed E-state index contributed by atoms with van der Waals surface area (Å²) in [4.78, 5) is 44.3. The summed E-state index contributed by atoms with van der Waals surface area (Å²) in [6.45, 7) is 3.81. The maximum absolute atomic E-state index is 13.5. The number of hydrogen-bond acceptors (Lipinski definition) is 8. The Hall–Kier alpha value is -4.05. The highest BCUT2D eigenvalue weighted by Crippen LogP contribution is 2.44. The standard InChI is InChI=1S/C25H21FN2O6S/c1-4-34-17-7-5-6-15(12-17)19-18(20(29)14-8-10-16(26)11-9-14)21(30)23(31)28(19)25-27-13(2)22(35-25)24(32)33-3/h5-12,19,29H,4H2,1-3H3. The molecule has 1 fully saturated rings. The molecule has 1 amide bonds. The van der Waals surface area contributed by atoms with Gasteiger partial charge in [0, 0.05) is 5.56 Å². The molecule has 1 N–H and O–H groups in total. The number of anilines is 1. The third-order valence-electron chi connectivity index (χ3n) is 5.41. The zero-order valence-electron chi connectivity index (χ0n) is 19.1. The molecule has 8 nitrogen and oxygen atoms in total. The topological polar surface area (TPSA) is 106 Å². The normalized spacial score (nSPS) is 17.0. The highest BCUT2D eigenvalue weighted by atomic mass is 32.1. The quantitative estimate of drug-likeness (QED) is 0.233. The van der Waals surface area contributed by atoms with Crippen molar-refractivity contribution >= 4 is 39.9 Å². The van der Waals surface area contributed by atoms with Crippen LogP contribution in [0.4, 0.5) is 9.52 Å². The van der Waals surface area contributed by atoms with Crippen molar-refractivity contribution in [3.63, 3.8) is 0 Å². The summed E-state index contributed by atoms with van der Waals surface area (Å²) in [5.41, 5.74) is 0.786. The second-order valence-electron chi connectivity index (χ2n) is 7.58. The molecule has 4 rings (SSSR count). The molecule has 0 spiro atoms. The van der Waals surface area contributed by atoms with Crippen molar-refractivity contribution in [3.8, 4) is 5.75 Å². The van der Waals surface area contributed by atoms with E-state index in [1.807, 2.05) is 6.92 Å². The third-order valence-corrected chi connectivity index (χ3v) is 6.55. The summed E-state index contributed by atoms with van der Waals surface area (Å²) in [7, 11) is 1.23. The number of ketones is 1. The molecule has 0 aliphatic carbocycles. The Bertz CT molecular complexity index is 1350. The van der Waals surface area contributed by atoms with E-state index < -0.39 is 35.3 Å². The molecular weight excluding hydrogens is 475 g/mol. The molecule has 2 heterocycles. The lowest BCUT2D eigenvalue weighted by Crippen LogP contribution is -2.29. The number of hydrogen-bond donors (Lipinski definition) is 1. The molecule has 35 heavy (non-hydrogen) atoms. The van der Waals surface area contributed by atoms with Gasteiger partial charge < -0.3 is 14.6 Å². The average molecular weight is 497 g/mol. The number of carbonyl (C=O) groups excluding carboxylic acids is 3. The lowest BCUT2D eigenvalue weighted by molar-refractivity contribution is -0.132. The summed E-state index contributed by atoms with van der Waals surface area (Å²) in [6.07, 6.45) is 0. The number of halogens is 1. The summed E-state index contributed by atoms with van der Waals surface area (Å²) in [5, 5.41) is 11.2. The summed E-state index contributed by atoms with van der Waals surface area (Å²) >= 11 is 0.902. The molecule has 1 atom stereocenters. The number of aliphatic hydroxyl groups excluding tert-OH is 1. The van der Waals surface area contributed by atoms with E-state index >= 15 is 0 Å². The number of aliphatic hydroxyl groups is 1. The molecule has 0 radical (unpaired) electrons. The Balaban J connectivity index is 1.94. The maximum Gasteiger partial charge on any atom is 0.350 e. The van der Waals surface area contributed by atoms with Gasteiger partial charge in [-0.2, -0.15) is 0 Å². The molecule has 1 aliphatic heterocycles. The van der Waals surface area contributed by atoms with Crippen molar-refractivity contribution in [2.45, 2.75) is 19.9 Å². The van der Waals surface area contributed by atoms with E-state index in [1.54, 1.807) is 31.2 Å². The van der Waals surface area contributed by atoms with Crippen LogP contribution in [-0.2, 0) is 14.3 Å². The van der Waals surface area contributed by atoms with Gasteiger partial charge in [-0.25, -0.2) is 14.2 Å². The van der Waals surface area contributed by atoms with E-state index in [4.69, 9.17) is 9.47 Å². The summed E-state index contributed by atoms with van der Waals surface area (Å²) in [5.74, 6) is -2.96. The number of rotatable bonds is 6. The average Bonchev–Trinajstić information content (AvgIpc) is 3.36. The first-order chi connectivity index (χ1) is 16.8. The van der Waals surface area contributed by atoms with Crippen molar-refractivity contribution < 1.29 is 33.4 Å². The Morgan fingerprint density at radius 3 is 2.57 bits per heavy atom. The second-order valence-corrected chi connectivity index (χ2v) is 8.56. The molecule has 1 unspecified atom stereocenters. The Kier molecular flexibility index (Phi) is 6.65. The Morgan fingerprint density at radius 1 is 1.20 bits per heavy atom. The number of nitrogens with zero attached hydrogens (tertiary/aromatic N) is 2. The van der Waals surface area contributed by atoms with Crippen LogP contribution in [0.3, 0.4) is 0 Å². The monoisotopic (exact) mass is 496 g/mol. The number of esters is 1. The fraction of sp³-hybridized carbons (Fsp3) is 0.200. The Morgan fingerprint density at radius 2 is 1.91 bits per heavy atom. The van der Waals surface area contributed by atoms with E-state index in [0.717, 1.165) is 28.4 Å². The largest absolute Gasteiger partial charge is 0.507 e.